The molecule has 0 saturated heterocycles. The van der Waals surface area contributed by atoms with E-state index < -0.39 is 23.5 Å². The summed E-state index contributed by atoms with van der Waals surface area (Å²) in [6.07, 6.45) is 4.60. The summed E-state index contributed by atoms with van der Waals surface area (Å²) in [7, 11) is 0. The normalized spacial score (nSPS) is 23.9. The molecule has 1 aliphatic rings. The van der Waals surface area contributed by atoms with Crippen LogP contribution in [-0.4, -0.2) is 11.1 Å². The molecule has 2 nitrogen and oxygen atoms in total. The van der Waals surface area contributed by atoms with Gasteiger partial charge in [-0.2, -0.15) is 0 Å². The smallest absolute Gasteiger partial charge is 0.306 e. The van der Waals surface area contributed by atoms with Crippen LogP contribution < -0.4 is 0 Å². The molecule has 104 valence electrons. The summed E-state index contributed by atoms with van der Waals surface area (Å²) in [5.41, 5.74) is 0.290. The maximum atomic E-state index is 13.6. The largest absolute Gasteiger partial charge is 0.481 e. The number of benzene rings is 1. The Labute approximate surface area is 111 Å². The van der Waals surface area contributed by atoms with Gasteiger partial charge in [0.05, 0.1) is 5.92 Å². The summed E-state index contributed by atoms with van der Waals surface area (Å²) in [5.74, 6) is -2.28. The van der Waals surface area contributed by atoms with Gasteiger partial charge in [0.25, 0.3) is 0 Å². The minimum atomic E-state index is -0.816. The summed E-state index contributed by atoms with van der Waals surface area (Å²) >= 11 is 0. The van der Waals surface area contributed by atoms with Crippen molar-refractivity contribution in [2.75, 3.05) is 0 Å². The van der Waals surface area contributed by atoms with E-state index in [2.05, 4.69) is 0 Å². The molecule has 2 rings (SSSR count). The SMILES string of the molecule is O=C(O)C1CCCCCC1Cc1cc(F)ccc1F. The Bertz CT molecular complexity index is 459. The number of hydrogen-bond donors (Lipinski definition) is 1. The molecule has 4 heteroatoms. The topological polar surface area (TPSA) is 37.3 Å². The van der Waals surface area contributed by atoms with Crippen LogP contribution in [0.5, 0.6) is 0 Å². The molecule has 2 unspecified atom stereocenters. The standard InChI is InChI=1S/C15H18F2O2/c16-12-6-7-14(17)11(9-12)8-10-4-2-1-3-5-13(10)15(18)19/h6-7,9-10,13H,1-5,8H2,(H,18,19). The lowest BCUT2D eigenvalue weighted by atomic mass is 9.83. The van der Waals surface area contributed by atoms with E-state index in [1.165, 1.54) is 6.07 Å². The number of rotatable bonds is 3. The number of carboxylic acids is 1. The van der Waals surface area contributed by atoms with Crippen LogP contribution in [0.1, 0.15) is 37.7 Å². The molecule has 0 bridgehead atoms. The van der Waals surface area contributed by atoms with Gasteiger partial charge in [-0.25, -0.2) is 8.78 Å². The summed E-state index contributed by atoms with van der Waals surface area (Å²) in [6.45, 7) is 0. The monoisotopic (exact) mass is 268 g/mol. The van der Waals surface area contributed by atoms with Crippen molar-refractivity contribution in [2.45, 2.75) is 38.5 Å². The maximum Gasteiger partial charge on any atom is 0.306 e. The fourth-order valence-electron chi connectivity index (χ4n) is 2.94. The highest BCUT2D eigenvalue weighted by Crippen LogP contribution is 2.32. The molecule has 0 aromatic heterocycles. The molecular formula is C15H18F2O2. The second-order valence-corrected chi connectivity index (χ2v) is 5.28. The maximum absolute atomic E-state index is 13.6. The molecule has 1 aromatic carbocycles. The third-order valence-corrected chi connectivity index (χ3v) is 3.97. The molecule has 0 radical (unpaired) electrons. The van der Waals surface area contributed by atoms with E-state index in [-0.39, 0.29) is 11.5 Å². The van der Waals surface area contributed by atoms with Gasteiger partial charge in [-0.1, -0.05) is 19.3 Å². The van der Waals surface area contributed by atoms with Crippen molar-refractivity contribution < 1.29 is 18.7 Å². The Kier molecular flexibility index (Phi) is 4.51. The van der Waals surface area contributed by atoms with Gasteiger partial charge in [0.2, 0.25) is 0 Å². The van der Waals surface area contributed by atoms with Crippen molar-refractivity contribution in [2.24, 2.45) is 11.8 Å². The average molecular weight is 268 g/mol. The molecule has 0 heterocycles. The van der Waals surface area contributed by atoms with Crippen molar-refractivity contribution in [3.05, 3.63) is 35.4 Å². The summed E-state index contributed by atoms with van der Waals surface area (Å²) in [4.78, 5) is 11.3. The molecule has 19 heavy (non-hydrogen) atoms. The summed E-state index contributed by atoms with van der Waals surface area (Å²) in [5, 5.41) is 9.27. The third kappa shape index (κ3) is 3.52. The fourth-order valence-corrected chi connectivity index (χ4v) is 2.94. The second-order valence-electron chi connectivity index (χ2n) is 5.28. The zero-order valence-corrected chi connectivity index (χ0v) is 10.7. The van der Waals surface area contributed by atoms with Crippen LogP contribution in [0.2, 0.25) is 0 Å². The highest BCUT2D eigenvalue weighted by molar-refractivity contribution is 5.70. The lowest BCUT2D eigenvalue weighted by Gasteiger charge is -2.21. The van der Waals surface area contributed by atoms with Crippen LogP contribution in [0, 0.1) is 23.5 Å². The lowest BCUT2D eigenvalue weighted by Crippen LogP contribution is -2.24. The first-order chi connectivity index (χ1) is 9.08. The fraction of sp³-hybridized carbons (Fsp3) is 0.533. The van der Waals surface area contributed by atoms with Crippen LogP contribution in [-0.2, 0) is 11.2 Å². The van der Waals surface area contributed by atoms with Crippen molar-refractivity contribution in [1.82, 2.24) is 0 Å². The zero-order valence-electron chi connectivity index (χ0n) is 10.7. The van der Waals surface area contributed by atoms with E-state index in [1.807, 2.05) is 0 Å². The van der Waals surface area contributed by atoms with E-state index in [4.69, 9.17) is 0 Å². The molecule has 1 N–H and O–H groups in total. The van der Waals surface area contributed by atoms with E-state index in [1.54, 1.807) is 0 Å². The molecule has 0 amide bonds. The Balaban J connectivity index is 2.18. The Morgan fingerprint density at radius 3 is 2.68 bits per heavy atom. The molecule has 0 spiro atoms. The number of aliphatic carboxylic acids is 1. The summed E-state index contributed by atoms with van der Waals surface area (Å²) in [6, 6.07) is 3.37. The van der Waals surface area contributed by atoms with Crippen molar-refractivity contribution in [3.8, 4) is 0 Å². The van der Waals surface area contributed by atoms with E-state index in [0.29, 0.717) is 12.8 Å². The third-order valence-electron chi connectivity index (χ3n) is 3.97. The van der Waals surface area contributed by atoms with Crippen LogP contribution in [0.15, 0.2) is 18.2 Å². The van der Waals surface area contributed by atoms with Crippen molar-refractivity contribution in [3.63, 3.8) is 0 Å². The van der Waals surface area contributed by atoms with E-state index >= 15 is 0 Å². The predicted molar refractivity (Wildman–Crippen MR) is 67.8 cm³/mol. The van der Waals surface area contributed by atoms with Crippen molar-refractivity contribution in [1.29, 1.82) is 0 Å². The summed E-state index contributed by atoms with van der Waals surface area (Å²) < 4.78 is 26.8. The van der Waals surface area contributed by atoms with E-state index in [9.17, 15) is 18.7 Å². The van der Waals surface area contributed by atoms with Gasteiger partial charge in [0.1, 0.15) is 11.6 Å². The van der Waals surface area contributed by atoms with Gasteiger partial charge in [-0.05, 0) is 48.9 Å². The minimum absolute atomic E-state index is 0.101. The molecule has 1 fully saturated rings. The van der Waals surface area contributed by atoms with Gasteiger partial charge in [0, 0.05) is 0 Å². The molecule has 1 saturated carbocycles. The number of carboxylic acid groups (broad SMARTS) is 1. The lowest BCUT2D eigenvalue weighted by molar-refractivity contribution is -0.143. The molecule has 2 atom stereocenters. The molecule has 1 aromatic rings. The van der Waals surface area contributed by atoms with Gasteiger partial charge in [-0.15, -0.1) is 0 Å². The van der Waals surface area contributed by atoms with Crippen LogP contribution in [0.25, 0.3) is 0 Å². The number of hydrogen-bond acceptors (Lipinski definition) is 1. The van der Waals surface area contributed by atoms with Gasteiger partial charge < -0.3 is 5.11 Å². The first-order valence-electron chi connectivity index (χ1n) is 6.74. The predicted octanol–water partition coefficient (Wildman–Crippen LogP) is 3.79. The van der Waals surface area contributed by atoms with Gasteiger partial charge in [-0.3, -0.25) is 4.79 Å². The quantitative estimate of drug-likeness (QED) is 0.847. The Hall–Kier alpha value is -1.45. The average Bonchev–Trinajstić information content (AvgIpc) is 2.59. The highest BCUT2D eigenvalue weighted by Gasteiger charge is 2.30. The zero-order chi connectivity index (χ0) is 13.8. The van der Waals surface area contributed by atoms with Crippen molar-refractivity contribution >= 4 is 5.97 Å². The first kappa shape index (κ1) is 14.0. The first-order valence-corrected chi connectivity index (χ1v) is 6.74. The second kappa shape index (κ2) is 6.13. The molecule has 0 aliphatic heterocycles. The van der Waals surface area contributed by atoms with Gasteiger partial charge in [0.15, 0.2) is 0 Å². The molecule has 1 aliphatic carbocycles. The Morgan fingerprint density at radius 1 is 1.21 bits per heavy atom. The molecular weight excluding hydrogens is 250 g/mol. The van der Waals surface area contributed by atoms with Crippen LogP contribution >= 0.6 is 0 Å². The van der Waals surface area contributed by atoms with Crippen LogP contribution in [0.3, 0.4) is 0 Å². The minimum Gasteiger partial charge on any atom is -0.481 e. The van der Waals surface area contributed by atoms with E-state index in [0.717, 1.165) is 37.8 Å². The van der Waals surface area contributed by atoms with Crippen LogP contribution in [0.4, 0.5) is 8.78 Å². The number of halogens is 2. The Morgan fingerprint density at radius 2 is 1.95 bits per heavy atom. The highest BCUT2D eigenvalue weighted by atomic mass is 19.1. The number of carbonyl (C=O) groups is 1. The van der Waals surface area contributed by atoms with Gasteiger partial charge >= 0.3 is 5.97 Å².